The number of sulfonamides is 1. The van der Waals surface area contributed by atoms with Crippen LogP contribution < -0.4 is 5.32 Å². The number of nitrogens with one attached hydrogen (secondary N) is 1. The molecule has 0 saturated carbocycles. The third-order valence-electron chi connectivity index (χ3n) is 4.79. The topological polar surface area (TPSA) is 110 Å². The van der Waals surface area contributed by atoms with E-state index in [2.05, 4.69) is 20.8 Å². The average Bonchev–Trinajstić information content (AvgIpc) is 3.30. The highest BCUT2D eigenvalue weighted by molar-refractivity contribution is 7.89. The lowest BCUT2D eigenvalue weighted by Crippen LogP contribution is -2.35. The molecule has 1 amide bonds. The Balaban J connectivity index is 1.48. The van der Waals surface area contributed by atoms with Crippen LogP contribution in [0, 0.1) is 0 Å². The summed E-state index contributed by atoms with van der Waals surface area (Å²) < 4.78 is 28.4. The van der Waals surface area contributed by atoms with Gasteiger partial charge in [-0.2, -0.15) is 4.31 Å². The van der Waals surface area contributed by atoms with E-state index in [4.69, 9.17) is 0 Å². The Morgan fingerprint density at radius 1 is 1.00 bits per heavy atom. The lowest BCUT2D eigenvalue weighted by molar-refractivity contribution is 0.102. The molecule has 1 N–H and O–H groups in total. The van der Waals surface area contributed by atoms with Crippen LogP contribution in [0.3, 0.4) is 0 Å². The van der Waals surface area contributed by atoms with Gasteiger partial charge in [-0.3, -0.25) is 4.79 Å². The van der Waals surface area contributed by atoms with Crippen LogP contribution in [0.15, 0.2) is 59.8 Å². The van der Waals surface area contributed by atoms with Gasteiger partial charge in [-0.15, -0.1) is 5.10 Å². The minimum Gasteiger partial charge on any atom is -0.322 e. The Labute approximate surface area is 168 Å². The molecule has 9 nitrogen and oxygen atoms in total. The van der Waals surface area contributed by atoms with Gasteiger partial charge < -0.3 is 5.32 Å². The molecule has 1 fully saturated rings. The van der Waals surface area contributed by atoms with E-state index in [-0.39, 0.29) is 10.8 Å². The molecule has 0 unspecified atom stereocenters. The highest BCUT2D eigenvalue weighted by Gasteiger charge is 2.25. The van der Waals surface area contributed by atoms with Gasteiger partial charge in [0, 0.05) is 24.3 Å². The molecular formula is C19H20N6O3S. The van der Waals surface area contributed by atoms with Crippen LogP contribution in [0.25, 0.3) is 5.69 Å². The summed E-state index contributed by atoms with van der Waals surface area (Å²) in [7, 11) is -3.51. The smallest absolute Gasteiger partial charge is 0.255 e. The van der Waals surface area contributed by atoms with E-state index < -0.39 is 10.0 Å². The van der Waals surface area contributed by atoms with Crippen molar-refractivity contribution in [1.82, 2.24) is 24.5 Å². The van der Waals surface area contributed by atoms with Gasteiger partial charge in [0.2, 0.25) is 10.0 Å². The summed E-state index contributed by atoms with van der Waals surface area (Å²) in [5.41, 5.74) is 1.65. The second kappa shape index (κ2) is 8.10. The van der Waals surface area contributed by atoms with Crippen molar-refractivity contribution in [2.24, 2.45) is 0 Å². The number of rotatable bonds is 5. The van der Waals surface area contributed by atoms with E-state index >= 15 is 0 Å². The molecule has 1 aliphatic heterocycles. The molecule has 2 aromatic carbocycles. The van der Waals surface area contributed by atoms with Gasteiger partial charge in [-0.1, -0.05) is 12.5 Å². The molecule has 29 heavy (non-hydrogen) atoms. The summed E-state index contributed by atoms with van der Waals surface area (Å²) >= 11 is 0. The Morgan fingerprint density at radius 2 is 1.76 bits per heavy atom. The summed E-state index contributed by atoms with van der Waals surface area (Å²) in [4.78, 5) is 12.8. The Morgan fingerprint density at radius 3 is 2.45 bits per heavy atom. The minimum atomic E-state index is -3.51. The average molecular weight is 412 g/mol. The zero-order chi connectivity index (χ0) is 20.3. The molecule has 1 saturated heterocycles. The number of nitrogens with zero attached hydrogens (tertiary/aromatic N) is 5. The highest BCUT2D eigenvalue weighted by atomic mass is 32.2. The van der Waals surface area contributed by atoms with Gasteiger partial charge in [0.05, 0.1) is 10.6 Å². The number of hydrogen-bond donors (Lipinski definition) is 1. The van der Waals surface area contributed by atoms with Crippen LogP contribution in [0.5, 0.6) is 0 Å². The van der Waals surface area contributed by atoms with E-state index in [0.717, 1.165) is 19.3 Å². The van der Waals surface area contributed by atoms with Crippen molar-refractivity contribution in [3.05, 3.63) is 60.4 Å². The minimum absolute atomic E-state index is 0.205. The first-order valence-electron chi connectivity index (χ1n) is 9.29. The zero-order valence-electron chi connectivity index (χ0n) is 15.6. The maximum atomic E-state index is 12.7. The maximum Gasteiger partial charge on any atom is 0.255 e. The van der Waals surface area contributed by atoms with Crippen LogP contribution in [-0.4, -0.2) is 51.9 Å². The van der Waals surface area contributed by atoms with Crippen molar-refractivity contribution in [3.8, 4) is 5.69 Å². The quantitative estimate of drug-likeness (QED) is 0.687. The fourth-order valence-corrected chi connectivity index (χ4v) is 4.76. The number of hydrogen-bond acceptors (Lipinski definition) is 6. The van der Waals surface area contributed by atoms with Crippen LogP contribution in [-0.2, 0) is 10.0 Å². The molecule has 2 heterocycles. The molecule has 1 aromatic heterocycles. The van der Waals surface area contributed by atoms with E-state index in [1.54, 1.807) is 18.2 Å². The lowest BCUT2D eigenvalue weighted by atomic mass is 10.2. The third kappa shape index (κ3) is 4.17. The summed E-state index contributed by atoms with van der Waals surface area (Å²) in [5.74, 6) is -0.333. The monoisotopic (exact) mass is 412 g/mol. The number of amides is 1. The van der Waals surface area contributed by atoms with Gasteiger partial charge in [-0.25, -0.2) is 13.1 Å². The molecule has 0 radical (unpaired) electrons. The fourth-order valence-electron chi connectivity index (χ4n) is 3.24. The van der Waals surface area contributed by atoms with E-state index in [1.165, 1.54) is 39.6 Å². The fraction of sp³-hybridized carbons (Fsp3) is 0.263. The molecule has 1 aliphatic rings. The Hall–Kier alpha value is -3.11. The van der Waals surface area contributed by atoms with E-state index in [9.17, 15) is 13.2 Å². The first-order chi connectivity index (χ1) is 14.0. The number of piperidine rings is 1. The summed E-state index contributed by atoms with van der Waals surface area (Å²) in [6.07, 6.45) is 4.27. The lowest BCUT2D eigenvalue weighted by Gasteiger charge is -2.25. The number of benzene rings is 2. The predicted molar refractivity (Wildman–Crippen MR) is 106 cm³/mol. The standard InChI is InChI=1S/C19H20N6O3S/c26-19(21-16-5-4-6-17(13-16)25-14-20-22-23-25)15-7-9-18(10-8-15)29(27,28)24-11-2-1-3-12-24/h4-10,13-14H,1-3,11-12H2,(H,21,26). The maximum absolute atomic E-state index is 12.7. The largest absolute Gasteiger partial charge is 0.322 e. The summed E-state index contributed by atoms with van der Waals surface area (Å²) in [6.45, 7) is 1.09. The summed E-state index contributed by atoms with van der Waals surface area (Å²) in [5, 5.41) is 13.8. The number of carbonyl (C=O) groups excluding carboxylic acids is 1. The molecule has 3 aromatic rings. The molecule has 4 rings (SSSR count). The van der Waals surface area contributed by atoms with Crippen molar-refractivity contribution < 1.29 is 13.2 Å². The van der Waals surface area contributed by atoms with Crippen LogP contribution >= 0.6 is 0 Å². The number of tetrazole rings is 1. The third-order valence-corrected chi connectivity index (χ3v) is 6.70. The van der Waals surface area contributed by atoms with Crippen molar-refractivity contribution in [2.75, 3.05) is 18.4 Å². The normalized spacial score (nSPS) is 15.2. The molecule has 10 heteroatoms. The molecule has 0 aliphatic carbocycles. The van der Waals surface area contributed by atoms with Gasteiger partial charge in [-0.05, 0) is 65.7 Å². The van der Waals surface area contributed by atoms with Gasteiger partial charge in [0.15, 0.2) is 0 Å². The Bertz CT molecular complexity index is 1090. The summed E-state index contributed by atoms with van der Waals surface area (Å²) in [6, 6.07) is 13.1. The second-order valence-corrected chi connectivity index (χ2v) is 8.69. The van der Waals surface area contributed by atoms with E-state index in [0.29, 0.717) is 30.0 Å². The van der Waals surface area contributed by atoms with Crippen molar-refractivity contribution in [1.29, 1.82) is 0 Å². The first kappa shape index (κ1) is 19.2. The second-order valence-electron chi connectivity index (χ2n) is 6.75. The van der Waals surface area contributed by atoms with Crippen molar-refractivity contribution >= 4 is 21.6 Å². The molecule has 0 bridgehead atoms. The number of carbonyl (C=O) groups is 1. The van der Waals surface area contributed by atoms with Crippen LogP contribution in [0.4, 0.5) is 5.69 Å². The highest BCUT2D eigenvalue weighted by Crippen LogP contribution is 2.21. The number of anilines is 1. The van der Waals surface area contributed by atoms with Gasteiger partial charge >= 0.3 is 0 Å². The zero-order valence-corrected chi connectivity index (χ0v) is 16.4. The van der Waals surface area contributed by atoms with Gasteiger partial charge in [0.25, 0.3) is 5.91 Å². The molecule has 150 valence electrons. The van der Waals surface area contributed by atoms with Crippen molar-refractivity contribution in [2.45, 2.75) is 24.2 Å². The first-order valence-corrected chi connectivity index (χ1v) is 10.7. The SMILES string of the molecule is O=C(Nc1cccc(-n2cnnn2)c1)c1ccc(S(=O)(=O)N2CCCCC2)cc1. The van der Waals surface area contributed by atoms with Crippen LogP contribution in [0.1, 0.15) is 29.6 Å². The predicted octanol–water partition coefficient (Wildman–Crippen LogP) is 2.09. The van der Waals surface area contributed by atoms with Crippen LogP contribution in [0.2, 0.25) is 0 Å². The molecular weight excluding hydrogens is 392 g/mol. The van der Waals surface area contributed by atoms with Gasteiger partial charge in [0.1, 0.15) is 6.33 Å². The molecule has 0 atom stereocenters. The number of aromatic nitrogens is 4. The molecule has 0 spiro atoms. The van der Waals surface area contributed by atoms with E-state index in [1.807, 2.05) is 6.07 Å². The van der Waals surface area contributed by atoms with Crippen molar-refractivity contribution in [3.63, 3.8) is 0 Å². The Kier molecular flexibility index (Phi) is 5.36.